The average molecular weight is 296 g/mol. The molecule has 19 heavy (non-hydrogen) atoms. The van der Waals surface area contributed by atoms with Gasteiger partial charge in [-0.1, -0.05) is 6.92 Å². The van der Waals surface area contributed by atoms with Crippen LogP contribution in [-0.2, 0) is 8.85 Å². The van der Waals surface area contributed by atoms with E-state index in [2.05, 4.69) is 0 Å². The van der Waals surface area contributed by atoms with Gasteiger partial charge in [0, 0.05) is 19.3 Å². The van der Waals surface area contributed by atoms with Crippen LogP contribution < -0.4 is 5.19 Å². The number of rotatable bonds is 6. The summed E-state index contributed by atoms with van der Waals surface area (Å²) < 4.78 is 65.1. The van der Waals surface area contributed by atoms with Gasteiger partial charge >= 0.3 is 8.56 Å². The van der Waals surface area contributed by atoms with Crippen molar-refractivity contribution in [1.29, 1.82) is 0 Å². The summed E-state index contributed by atoms with van der Waals surface area (Å²) in [6.07, 6.45) is 0. The Morgan fingerprint density at radius 1 is 0.895 bits per heavy atom. The van der Waals surface area contributed by atoms with Crippen LogP contribution in [0.1, 0.15) is 20.8 Å². The van der Waals surface area contributed by atoms with Crippen LogP contribution in [0.25, 0.3) is 0 Å². The quantitative estimate of drug-likeness (QED) is 0.456. The lowest BCUT2D eigenvalue weighted by Crippen LogP contribution is -2.56. The van der Waals surface area contributed by atoms with E-state index in [1.807, 2.05) is 0 Å². The summed E-state index contributed by atoms with van der Waals surface area (Å²) in [6, 6.07) is 0.326. The van der Waals surface area contributed by atoms with E-state index in [-0.39, 0.29) is 25.3 Å². The van der Waals surface area contributed by atoms with Gasteiger partial charge in [-0.3, -0.25) is 0 Å². The van der Waals surface area contributed by atoms with E-state index >= 15 is 0 Å². The van der Waals surface area contributed by atoms with Gasteiger partial charge in [-0.15, -0.1) is 0 Å². The molecule has 0 saturated heterocycles. The molecule has 0 bridgehead atoms. The average Bonchev–Trinajstić information content (AvgIpc) is 2.37. The topological polar surface area (TPSA) is 18.5 Å². The van der Waals surface area contributed by atoms with Gasteiger partial charge in [-0.2, -0.15) is 0 Å². The van der Waals surface area contributed by atoms with E-state index in [0.717, 1.165) is 0 Å². The van der Waals surface area contributed by atoms with Crippen LogP contribution in [0.2, 0.25) is 6.04 Å². The molecule has 2 nitrogen and oxygen atoms in total. The summed E-state index contributed by atoms with van der Waals surface area (Å²) in [5.74, 6) is -5.76. The largest absolute Gasteiger partial charge is 0.391 e. The minimum Gasteiger partial charge on any atom is -0.391 e. The number of halogens is 4. The molecule has 108 valence electrons. The van der Waals surface area contributed by atoms with Gasteiger partial charge in [0.2, 0.25) is 0 Å². The predicted molar refractivity (Wildman–Crippen MR) is 65.4 cm³/mol. The van der Waals surface area contributed by atoms with Gasteiger partial charge in [0.1, 0.15) is 0 Å². The molecule has 0 N–H and O–H groups in total. The first-order valence-corrected chi connectivity index (χ1v) is 8.07. The minimum atomic E-state index is -3.53. The fourth-order valence-electron chi connectivity index (χ4n) is 1.94. The first-order chi connectivity index (χ1) is 8.93. The second-order valence-electron chi connectivity index (χ2n) is 3.82. The normalized spacial score (nSPS) is 11.9. The Hall–Kier alpha value is -0.923. The Bertz CT molecular complexity index is 422. The van der Waals surface area contributed by atoms with Crippen molar-refractivity contribution in [2.75, 3.05) is 13.2 Å². The van der Waals surface area contributed by atoms with E-state index in [0.29, 0.717) is 0 Å². The summed E-state index contributed by atoms with van der Waals surface area (Å²) in [6.45, 7) is 5.14. The molecule has 0 atom stereocenters. The summed E-state index contributed by atoms with van der Waals surface area (Å²) in [7, 11) is -3.53. The Morgan fingerprint density at radius 2 is 1.32 bits per heavy atom. The van der Waals surface area contributed by atoms with E-state index < -0.39 is 37.0 Å². The van der Waals surface area contributed by atoms with Crippen molar-refractivity contribution in [1.82, 2.24) is 0 Å². The molecule has 1 aromatic carbocycles. The highest BCUT2D eigenvalue weighted by molar-refractivity contribution is 6.81. The van der Waals surface area contributed by atoms with E-state index in [4.69, 9.17) is 8.85 Å². The number of hydrogen-bond acceptors (Lipinski definition) is 2. The van der Waals surface area contributed by atoms with Crippen LogP contribution >= 0.6 is 0 Å². The van der Waals surface area contributed by atoms with Crippen LogP contribution in [0.15, 0.2) is 6.07 Å². The van der Waals surface area contributed by atoms with E-state index in [9.17, 15) is 17.6 Å². The molecule has 0 spiro atoms. The SMILES string of the molecule is CCO[Si](CC)(OCC)c1c(F)c(F)cc(F)c1F. The minimum absolute atomic E-state index is 0.136. The van der Waals surface area contributed by atoms with E-state index in [1.54, 1.807) is 20.8 Å². The standard InChI is InChI=1S/C12H16F4O2Si/c1-4-17-19(6-3,18-5-2)12-10(15)8(13)7-9(14)11(12)16/h7H,4-6H2,1-3H3. The molecule has 0 unspecified atom stereocenters. The van der Waals surface area contributed by atoms with Crippen molar-refractivity contribution < 1.29 is 26.4 Å². The van der Waals surface area contributed by atoms with E-state index in [1.165, 1.54) is 0 Å². The molecule has 7 heteroatoms. The zero-order valence-corrected chi connectivity index (χ0v) is 12.0. The summed E-state index contributed by atoms with van der Waals surface area (Å²) in [5, 5.41) is -0.726. The third-order valence-electron chi connectivity index (χ3n) is 2.71. The third kappa shape index (κ3) is 2.98. The molecule has 0 fully saturated rings. The molecule has 0 saturated carbocycles. The second-order valence-corrected chi connectivity index (χ2v) is 7.11. The van der Waals surface area contributed by atoms with Crippen molar-refractivity contribution in [3.8, 4) is 0 Å². The molecule has 1 rings (SSSR count). The Balaban J connectivity index is 3.53. The lowest BCUT2D eigenvalue weighted by Gasteiger charge is -2.29. The summed E-state index contributed by atoms with van der Waals surface area (Å²) in [5.41, 5.74) is 0. The van der Waals surface area contributed by atoms with Crippen LogP contribution in [0.3, 0.4) is 0 Å². The van der Waals surface area contributed by atoms with Gasteiger partial charge in [0.05, 0.1) is 5.19 Å². The molecule has 0 radical (unpaired) electrons. The van der Waals surface area contributed by atoms with Gasteiger partial charge in [-0.05, 0) is 19.9 Å². The first kappa shape index (κ1) is 16.1. The molecule has 0 amide bonds. The van der Waals surface area contributed by atoms with Crippen molar-refractivity contribution in [3.63, 3.8) is 0 Å². The van der Waals surface area contributed by atoms with Crippen molar-refractivity contribution in [2.24, 2.45) is 0 Å². The van der Waals surface area contributed by atoms with Crippen molar-refractivity contribution in [2.45, 2.75) is 26.8 Å². The fourth-order valence-corrected chi connectivity index (χ4v) is 4.91. The molecule has 0 aliphatic carbocycles. The maximum Gasteiger partial charge on any atom is 0.378 e. The van der Waals surface area contributed by atoms with Gasteiger partial charge in [0.25, 0.3) is 0 Å². The van der Waals surface area contributed by atoms with Gasteiger partial charge in [0.15, 0.2) is 23.3 Å². The third-order valence-corrected chi connectivity index (χ3v) is 6.35. The molecule has 0 heterocycles. The highest BCUT2D eigenvalue weighted by Crippen LogP contribution is 2.21. The van der Waals surface area contributed by atoms with Gasteiger partial charge < -0.3 is 8.85 Å². The zero-order chi connectivity index (χ0) is 14.6. The van der Waals surface area contributed by atoms with Crippen LogP contribution in [0.5, 0.6) is 0 Å². The summed E-state index contributed by atoms with van der Waals surface area (Å²) in [4.78, 5) is 0. The zero-order valence-electron chi connectivity index (χ0n) is 11.0. The molecule has 0 aliphatic heterocycles. The van der Waals surface area contributed by atoms with Crippen LogP contribution in [-0.4, -0.2) is 21.8 Å². The smallest absolute Gasteiger partial charge is 0.378 e. The Morgan fingerprint density at radius 3 is 1.63 bits per heavy atom. The summed E-state index contributed by atoms with van der Waals surface area (Å²) >= 11 is 0. The van der Waals surface area contributed by atoms with Crippen LogP contribution in [0.4, 0.5) is 17.6 Å². The number of benzene rings is 1. The molecule has 1 aromatic rings. The van der Waals surface area contributed by atoms with Gasteiger partial charge in [-0.25, -0.2) is 17.6 Å². The van der Waals surface area contributed by atoms with Crippen LogP contribution in [0, 0.1) is 23.3 Å². The van der Waals surface area contributed by atoms with Crippen molar-refractivity contribution >= 4 is 13.7 Å². The first-order valence-electron chi connectivity index (χ1n) is 6.04. The highest BCUT2D eigenvalue weighted by atomic mass is 28.4. The lowest BCUT2D eigenvalue weighted by molar-refractivity contribution is 0.194. The fraction of sp³-hybridized carbons (Fsp3) is 0.500. The number of hydrogen-bond donors (Lipinski definition) is 0. The maximum atomic E-state index is 13.9. The lowest BCUT2D eigenvalue weighted by atomic mass is 10.3. The molecular formula is C12H16F4O2Si. The molecular weight excluding hydrogens is 280 g/mol. The molecule has 0 aromatic heterocycles. The predicted octanol–water partition coefficient (Wildman–Crippen LogP) is 2.99. The highest BCUT2D eigenvalue weighted by Gasteiger charge is 2.44. The maximum absolute atomic E-state index is 13.9. The monoisotopic (exact) mass is 296 g/mol. The Kier molecular flexibility index (Phi) is 5.51. The van der Waals surface area contributed by atoms with Crippen molar-refractivity contribution in [3.05, 3.63) is 29.3 Å². The second kappa shape index (κ2) is 6.49. The Labute approximate surface area is 110 Å². The molecule has 0 aliphatic rings.